The molecule has 0 aromatic heterocycles. The highest BCUT2D eigenvalue weighted by molar-refractivity contribution is 5.21. The molecule has 2 rings (SSSR count). The lowest BCUT2D eigenvalue weighted by Crippen LogP contribution is -2.25. The van der Waals surface area contributed by atoms with E-state index in [1.54, 1.807) is 5.57 Å². The van der Waals surface area contributed by atoms with E-state index in [0.29, 0.717) is 5.41 Å². The van der Waals surface area contributed by atoms with Crippen LogP contribution in [0.4, 0.5) is 0 Å². The van der Waals surface area contributed by atoms with Gasteiger partial charge in [-0.25, -0.2) is 0 Å². The Kier molecular flexibility index (Phi) is 4.27. The molecule has 1 aromatic carbocycles. The maximum Gasteiger partial charge on any atom is -0.00947 e. The molecule has 0 nitrogen and oxygen atoms in total. The van der Waals surface area contributed by atoms with Crippen LogP contribution in [0.2, 0.25) is 0 Å². The molecule has 98 valence electrons. The molecule has 1 saturated carbocycles. The molecule has 1 aliphatic carbocycles. The Bertz CT molecular complexity index is 392. The monoisotopic (exact) mass is 242 g/mol. The van der Waals surface area contributed by atoms with Gasteiger partial charge in [0.2, 0.25) is 0 Å². The molecule has 0 spiro atoms. The van der Waals surface area contributed by atoms with Crippen molar-refractivity contribution in [1.29, 1.82) is 0 Å². The van der Waals surface area contributed by atoms with Crippen LogP contribution < -0.4 is 0 Å². The van der Waals surface area contributed by atoms with Crippen LogP contribution in [-0.2, 0) is 6.42 Å². The van der Waals surface area contributed by atoms with Crippen molar-refractivity contribution in [3.8, 4) is 0 Å². The first-order valence-electron chi connectivity index (χ1n) is 7.30. The number of hydrogen-bond acceptors (Lipinski definition) is 0. The summed E-state index contributed by atoms with van der Waals surface area (Å²) in [4.78, 5) is 0. The number of benzene rings is 1. The Morgan fingerprint density at radius 1 is 1.11 bits per heavy atom. The van der Waals surface area contributed by atoms with Crippen LogP contribution in [0.3, 0.4) is 0 Å². The van der Waals surface area contributed by atoms with Crippen LogP contribution >= 0.6 is 0 Å². The maximum absolute atomic E-state index is 2.50. The predicted molar refractivity (Wildman–Crippen MR) is 79.6 cm³/mol. The van der Waals surface area contributed by atoms with Crippen LogP contribution in [0.5, 0.6) is 0 Å². The summed E-state index contributed by atoms with van der Waals surface area (Å²) >= 11 is 0. The van der Waals surface area contributed by atoms with Crippen molar-refractivity contribution >= 4 is 0 Å². The molecule has 0 aliphatic heterocycles. The second-order valence-corrected chi connectivity index (χ2v) is 6.63. The normalized spacial score (nSPS) is 23.3. The summed E-state index contributed by atoms with van der Waals surface area (Å²) in [6, 6.07) is 10.8. The molecule has 1 atom stereocenters. The van der Waals surface area contributed by atoms with Crippen LogP contribution in [-0.4, -0.2) is 0 Å². The summed E-state index contributed by atoms with van der Waals surface area (Å²) in [6.45, 7) is 7.16. The maximum atomic E-state index is 2.50. The topological polar surface area (TPSA) is 0 Å². The van der Waals surface area contributed by atoms with Crippen molar-refractivity contribution in [2.45, 2.75) is 52.9 Å². The molecule has 0 saturated heterocycles. The van der Waals surface area contributed by atoms with Crippen LogP contribution in [0, 0.1) is 11.3 Å². The van der Waals surface area contributed by atoms with E-state index in [9.17, 15) is 0 Å². The Labute approximate surface area is 112 Å². The van der Waals surface area contributed by atoms with E-state index >= 15 is 0 Å². The molecule has 1 fully saturated rings. The summed E-state index contributed by atoms with van der Waals surface area (Å²) in [5.41, 5.74) is 3.56. The Balaban J connectivity index is 2.09. The molecule has 18 heavy (non-hydrogen) atoms. The van der Waals surface area contributed by atoms with E-state index in [1.165, 1.54) is 31.2 Å². The van der Waals surface area contributed by atoms with Gasteiger partial charge in [-0.05, 0) is 42.6 Å². The van der Waals surface area contributed by atoms with E-state index < -0.39 is 0 Å². The van der Waals surface area contributed by atoms with Crippen molar-refractivity contribution in [2.75, 3.05) is 0 Å². The molecule has 1 aliphatic rings. The third-order valence-electron chi connectivity index (χ3n) is 4.14. The van der Waals surface area contributed by atoms with Gasteiger partial charge in [0, 0.05) is 0 Å². The van der Waals surface area contributed by atoms with E-state index in [2.05, 4.69) is 57.2 Å². The van der Waals surface area contributed by atoms with Gasteiger partial charge in [0.05, 0.1) is 0 Å². The Morgan fingerprint density at radius 3 is 2.50 bits per heavy atom. The quantitative estimate of drug-likeness (QED) is 0.610. The molecular formula is C18H26. The molecular weight excluding hydrogens is 216 g/mol. The lowest BCUT2D eigenvalue weighted by atomic mass is 9.69. The van der Waals surface area contributed by atoms with Gasteiger partial charge < -0.3 is 0 Å². The van der Waals surface area contributed by atoms with E-state index in [-0.39, 0.29) is 0 Å². The van der Waals surface area contributed by atoms with Gasteiger partial charge in [-0.3, -0.25) is 0 Å². The second kappa shape index (κ2) is 5.73. The average Bonchev–Trinajstić information content (AvgIpc) is 2.37. The molecule has 0 heteroatoms. The highest BCUT2D eigenvalue weighted by Gasteiger charge is 2.29. The summed E-state index contributed by atoms with van der Waals surface area (Å²) in [7, 11) is 0. The predicted octanol–water partition coefficient (Wildman–Crippen LogP) is 5.39. The minimum atomic E-state index is 0.420. The highest BCUT2D eigenvalue weighted by atomic mass is 14.3. The fourth-order valence-electron chi connectivity index (χ4n) is 3.13. The van der Waals surface area contributed by atoms with Crippen molar-refractivity contribution in [1.82, 2.24) is 0 Å². The number of rotatable bonds is 2. The van der Waals surface area contributed by atoms with E-state index in [4.69, 9.17) is 0 Å². The summed E-state index contributed by atoms with van der Waals surface area (Å²) < 4.78 is 0. The zero-order valence-corrected chi connectivity index (χ0v) is 12.1. The summed E-state index contributed by atoms with van der Waals surface area (Å²) in [5, 5.41) is 0. The number of hydrogen-bond donors (Lipinski definition) is 0. The minimum Gasteiger partial charge on any atom is -0.0806 e. The average molecular weight is 242 g/mol. The van der Waals surface area contributed by atoms with E-state index in [0.717, 1.165) is 12.3 Å². The smallest absolute Gasteiger partial charge is 0.00947 e. The first-order chi connectivity index (χ1) is 8.57. The van der Waals surface area contributed by atoms with Gasteiger partial charge in [0.1, 0.15) is 0 Å². The Morgan fingerprint density at radius 2 is 1.83 bits per heavy atom. The van der Waals surface area contributed by atoms with Gasteiger partial charge in [0.15, 0.2) is 0 Å². The van der Waals surface area contributed by atoms with Gasteiger partial charge in [-0.15, -0.1) is 0 Å². The molecule has 0 radical (unpaired) electrons. The zero-order chi connectivity index (χ0) is 13.0. The van der Waals surface area contributed by atoms with Gasteiger partial charge in [-0.1, -0.05) is 69.2 Å². The number of allylic oxidation sites excluding steroid dienone is 2. The van der Waals surface area contributed by atoms with Crippen LogP contribution in [0.1, 0.15) is 52.0 Å². The summed E-state index contributed by atoms with van der Waals surface area (Å²) in [5.74, 6) is 0.787. The van der Waals surface area contributed by atoms with Crippen molar-refractivity contribution in [2.24, 2.45) is 11.3 Å². The van der Waals surface area contributed by atoms with Gasteiger partial charge >= 0.3 is 0 Å². The minimum absolute atomic E-state index is 0.420. The summed E-state index contributed by atoms with van der Waals surface area (Å²) in [6.07, 6.45) is 9.09. The van der Waals surface area contributed by atoms with E-state index in [1.807, 2.05) is 0 Å². The lowest BCUT2D eigenvalue weighted by molar-refractivity contribution is 0.235. The lowest BCUT2D eigenvalue weighted by Gasteiger charge is -2.36. The van der Waals surface area contributed by atoms with Crippen LogP contribution in [0.25, 0.3) is 0 Å². The molecule has 1 aromatic rings. The molecule has 0 heterocycles. The van der Waals surface area contributed by atoms with Crippen LogP contribution in [0.15, 0.2) is 42.0 Å². The fourth-order valence-corrected chi connectivity index (χ4v) is 3.13. The SMILES string of the molecule is CC(C)(C)C1CCCC/C1=C\Cc1ccccc1. The highest BCUT2D eigenvalue weighted by Crippen LogP contribution is 2.41. The third-order valence-corrected chi connectivity index (χ3v) is 4.14. The first-order valence-corrected chi connectivity index (χ1v) is 7.30. The third kappa shape index (κ3) is 3.48. The van der Waals surface area contributed by atoms with Crippen molar-refractivity contribution < 1.29 is 0 Å². The van der Waals surface area contributed by atoms with Gasteiger partial charge in [-0.2, -0.15) is 0 Å². The zero-order valence-electron chi connectivity index (χ0n) is 12.1. The standard InChI is InChI=1S/C18H26/c1-18(2,3)17-12-8-7-11-16(17)14-13-15-9-5-4-6-10-15/h4-6,9-10,14,17H,7-8,11-13H2,1-3H3/b16-14+. The molecule has 0 N–H and O–H groups in total. The fraction of sp³-hybridized carbons (Fsp3) is 0.556. The van der Waals surface area contributed by atoms with Gasteiger partial charge in [0.25, 0.3) is 0 Å². The second-order valence-electron chi connectivity index (χ2n) is 6.63. The van der Waals surface area contributed by atoms with Crippen molar-refractivity contribution in [3.63, 3.8) is 0 Å². The largest absolute Gasteiger partial charge is 0.0806 e. The molecule has 1 unspecified atom stereocenters. The first kappa shape index (κ1) is 13.4. The molecule has 0 amide bonds. The van der Waals surface area contributed by atoms with Crippen molar-refractivity contribution in [3.05, 3.63) is 47.5 Å². The Hall–Kier alpha value is -1.04. The molecule has 0 bridgehead atoms.